The van der Waals surface area contributed by atoms with E-state index in [0.29, 0.717) is 41.1 Å². The number of fused-ring (bicyclic) bond motifs is 1. The highest BCUT2D eigenvalue weighted by Crippen LogP contribution is 2.30. The predicted molar refractivity (Wildman–Crippen MR) is 105 cm³/mol. The Bertz CT molecular complexity index is 1240. The van der Waals surface area contributed by atoms with Gasteiger partial charge in [0.1, 0.15) is 22.9 Å². The number of hydrogen-bond donors (Lipinski definition) is 0. The molecule has 0 bridgehead atoms. The topological polar surface area (TPSA) is 102 Å². The van der Waals surface area contributed by atoms with E-state index >= 15 is 0 Å². The summed E-state index contributed by atoms with van der Waals surface area (Å²) in [6, 6.07) is 6.17. The molecule has 8 heteroatoms. The van der Waals surface area contributed by atoms with Gasteiger partial charge >= 0.3 is 0 Å². The molecule has 5 rings (SSSR count). The summed E-state index contributed by atoms with van der Waals surface area (Å²) in [4.78, 5) is 20.5. The molecule has 8 nitrogen and oxygen atoms in total. The SMILES string of the molecule is N#Cc1cnn2cc(-c3cnn(C4CCC(=O)CC4)c3)nc(-c3cccnc3)c12. The third-order valence-electron chi connectivity index (χ3n) is 5.34. The lowest BCUT2D eigenvalue weighted by Gasteiger charge is -2.21. The maximum atomic E-state index is 11.5. The lowest BCUT2D eigenvalue weighted by Crippen LogP contribution is -2.18. The maximum Gasteiger partial charge on any atom is 0.133 e. The Morgan fingerprint density at radius 3 is 2.69 bits per heavy atom. The molecule has 0 aliphatic heterocycles. The molecule has 1 saturated carbocycles. The number of pyridine rings is 1. The van der Waals surface area contributed by atoms with E-state index < -0.39 is 0 Å². The van der Waals surface area contributed by atoms with E-state index in [1.165, 1.54) is 0 Å². The van der Waals surface area contributed by atoms with Crippen LogP contribution in [0.2, 0.25) is 0 Å². The fraction of sp³-hybridized carbons (Fsp3) is 0.238. The number of nitriles is 1. The van der Waals surface area contributed by atoms with Crippen molar-refractivity contribution < 1.29 is 4.79 Å². The molecule has 4 aromatic heterocycles. The van der Waals surface area contributed by atoms with Gasteiger partial charge in [-0.05, 0) is 25.0 Å². The lowest BCUT2D eigenvalue weighted by atomic mass is 9.94. The second kappa shape index (κ2) is 6.95. The van der Waals surface area contributed by atoms with Crippen LogP contribution in [-0.4, -0.2) is 35.1 Å². The molecule has 0 amide bonds. The van der Waals surface area contributed by atoms with E-state index in [0.717, 1.165) is 24.0 Å². The second-order valence-electron chi connectivity index (χ2n) is 7.16. The number of carbonyl (C=O) groups excluding carboxylic acids is 1. The van der Waals surface area contributed by atoms with Crippen molar-refractivity contribution in [1.29, 1.82) is 5.26 Å². The number of rotatable bonds is 3. The van der Waals surface area contributed by atoms with Crippen LogP contribution in [0.3, 0.4) is 0 Å². The van der Waals surface area contributed by atoms with Gasteiger partial charge in [-0.1, -0.05) is 0 Å². The molecule has 0 atom stereocenters. The minimum Gasteiger partial charge on any atom is -0.300 e. The third-order valence-corrected chi connectivity index (χ3v) is 5.34. The predicted octanol–water partition coefficient (Wildman–Crippen LogP) is 3.21. The number of Topliss-reactive ketones (excluding diaryl/α,β-unsaturated/α-hetero) is 1. The Labute approximate surface area is 166 Å². The van der Waals surface area contributed by atoms with Gasteiger partial charge in [0.05, 0.1) is 36.0 Å². The van der Waals surface area contributed by atoms with Crippen LogP contribution in [-0.2, 0) is 4.79 Å². The van der Waals surface area contributed by atoms with Gasteiger partial charge in [-0.3, -0.25) is 14.5 Å². The quantitative estimate of drug-likeness (QED) is 0.538. The fourth-order valence-corrected chi connectivity index (χ4v) is 3.80. The first-order chi connectivity index (χ1) is 14.2. The number of aromatic nitrogens is 6. The van der Waals surface area contributed by atoms with Gasteiger partial charge in [0, 0.05) is 42.6 Å². The smallest absolute Gasteiger partial charge is 0.133 e. The minimum atomic E-state index is 0.234. The average molecular weight is 383 g/mol. The van der Waals surface area contributed by atoms with Crippen molar-refractivity contribution in [2.75, 3.05) is 0 Å². The van der Waals surface area contributed by atoms with Gasteiger partial charge in [0.2, 0.25) is 0 Å². The molecule has 29 heavy (non-hydrogen) atoms. The molecule has 4 aromatic rings. The molecule has 0 saturated heterocycles. The summed E-state index contributed by atoms with van der Waals surface area (Å²) in [6.45, 7) is 0. The molecule has 1 aliphatic carbocycles. The molecule has 0 aromatic carbocycles. The summed E-state index contributed by atoms with van der Waals surface area (Å²) < 4.78 is 3.61. The van der Waals surface area contributed by atoms with E-state index in [2.05, 4.69) is 21.3 Å². The van der Waals surface area contributed by atoms with Crippen molar-refractivity contribution in [3.8, 4) is 28.6 Å². The Morgan fingerprint density at radius 2 is 1.93 bits per heavy atom. The van der Waals surface area contributed by atoms with Crippen LogP contribution >= 0.6 is 0 Å². The zero-order valence-electron chi connectivity index (χ0n) is 15.6. The summed E-state index contributed by atoms with van der Waals surface area (Å²) in [6.07, 6.45) is 13.4. The van der Waals surface area contributed by atoms with Gasteiger partial charge < -0.3 is 0 Å². The van der Waals surface area contributed by atoms with Crippen LogP contribution in [0.15, 0.2) is 49.3 Å². The molecule has 0 spiro atoms. The third kappa shape index (κ3) is 3.06. The van der Waals surface area contributed by atoms with Crippen LogP contribution < -0.4 is 0 Å². The van der Waals surface area contributed by atoms with Crippen LogP contribution in [0, 0.1) is 11.3 Å². The maximum absolute atomic E-state index is 11.5. The Morgan fingerprint density at radius 1 is 1.07 bits per heavy atom. The highest BCUT2D eigenvalue weighted by Gasteiger charge is 2.22. The van der Waals surface area contributed by atoms with Crippen LogP contribution in [0.1, 0.15) is 37.3 Å². The first-order valence-electron chi connectivity index (χ1n) is 9.48. The summed E-state index contributed by atoms with van der Waals surface area (Å²) in [5.41, 5.74) is 4.16. The van der Waals surface area contributed by atoms with Crippen molar-refractivity contribution in [2.45, 2.75) is 31.7 Å². The van der Waals surface area contributed by atoms with Crippen molar-refractivity contribution in [2.24, 2.45) is 0 Å². The van der Waals surface area contributed by atoms with Gasteiger partial charge in [-0.25, -0.2) is 9.50 Å². The molecular weight excluding hydrogens is 366 g/mol. The van der Waals surface area contributed by atoms with Gasteiger partial charge in [0.15, 0.2) is 0 Å². The molecule has 1 aliphatic rings. The van der Waals surface area contributed by atoms with Gasteiger partial charge in [-0.2, -0.15) is 15.5 Å². The highest BCUT2D eigenvalue weighted by molar-refractivity contribution is 5.82. The normalized spacial score (nSPS) is 14.9. The summed E-state index contributed by atoms with van der Waals surface area (Å²) in [5.74, 6) is 0.328. The first kappa shape index (κ1) is 17.3. The van der Waals surface area contributed by atoms with Gasteiger partial charge in [-0.15, -0.1) is 0 Å². The highest BCUT2D eigenvalue weighted by atomic mass is 16.1. The Balaban J connectivity index is 1.60. The van der Waals surface area contributed by atoms with Crippen molar-refractivity contribution >= 4 is 11.3 Å². The number of hydrogen-bond acceptors (Lipinski definition) is 6. The van der Waals surface area contributed by atoms with Crippen LogP contribution in [0.25, 0.3) is 28.0 Å². The van der Waals surface area contributed by atoms with E-state index in [-0.39, 0.29) is 6.04 Å². The number of carbonyl (C=O) groups is 1. The fourth-order valence-electron chi connectivity index (χ4n) is 3.80. The summed E-state index contributed by atoms with van der Waals surface area (Å²) in [7, 11) is 0. The van der Waals surface area contributed by atoms with Crippen molar-refractivity contribution in [3.05, 3.63) is 54.9 Å². The molecule has 4 heterocycles. The second-order valence-corrected chi connectivity index (χ2v) is 7.16. The van der Waals surface area contributed by atoms with E-state index in [4.69, 9.17) is 4.98 Å². The average Bonchev–Trinajstić information content (AvgIpc) is 3.41. The molecule has 1 fully saturated rings. The molecular formula is C21H17N7O. The first-order valence-corrected chi connectivity index (χ1v) is 9.48. The molecule has 0 radical (unpaired) electrons. The number of ketones is 1. The Hall–Kier alpha value is -3.86. The standard InChI is InChI=1S/C21H17N7O/c22-8-15-10-25-28-13-19(26-20(21(15)28)14-2-1-7-23-9-14)16-11-24-27(12-16)17-3-5-18(29)6-4-17/h1-2,7,9-13,17H,3-6H2. The van der Waals surface area contributed by atoms with Crippen LogP contribution in [0.4, 0.5) is 0 Å². The zero-order chi connectivity index (χ0) is 19.8. The monoisotopic (exact) mass is 383 g/mol. The molecule has 0 unspecified atom stereocenters. The number of nitrogens with zero attached hydrogens (tertiary/aromatic N) is 7. The zero-order valence-corrected chi connectivity index (χ0v) is 15.6. The summed E-state index contributed by atoms with van der Waals surface area (Å²) >= 11 is 0. The van der Waals surface area contributed by atoms with E-state index in [9.17, 15) is 10.1 Å². The van der Waals surface area contributed by atoms with Crippen molar-refractivity contribution in [3.63, 3.8) is 0 Å². The summed E-state index contributed by atoms with van der Waals surface area (Å²) in [5, 5.41) is 18.3. The largest absolute Gasteiger partial charge is 0.300 e. The van der Waals surface area contributed by atoms with E-state index in [1.807, 2.05) is 29.2 Å². The van der Waals surface area contributed by atoms with Crippen molar-refractivity contribution in [1.82, 2.24) is 29.4 Å². The minimum absolute atomic E-state index is 0.234. The van der Waals surface area contributed by atoms with Crippen LogP contribution in [0.5, 0.6) is 0 Å². The van der Waals surface area contributed by atoms with E-state index in [1.54, 1.807) is 29.3 Å². The molecule has 142 valence electrons. The Kier molecular flexibility index (Phi) is 4.13. The lowest BCUT2D eigenvalue weighted by molar-refractivity contribution is -0.120. The van der Waals surface area contributed by atoms with Gasteiger partial charge in [0.25, 0.3) is 0 Å². The molecule has 0 N–H and O–H groups in total.